The minimum absolute atomic E-state index is 0.169. The van der Waals surface area contributed by atoms with Crippen molar-refractivity contribution in [1.82, 2.24) is 5.01 Å². The molecule has 0 radical (unpaired) electrons. The van der Waals surface area contributed by atoms with Crippen LogP contribution in [0.4, 0.5) is 5.69 Å². The van der Waals surface area contributed by atoms with Crippen LogP contribution in [0.25, 0.3) is 5.57 Å². The fourth-order valence-electron chi connectivity index (χ4n) is 4.79. The lowest BCUT2D eigenvalue weighted by Crippen LogP contribution is -2.53. The molecule has 1 saturated carbocycles. The van der Waals surface area contributed by atoms with E-state index in [1.54, 1.807) is 0 Å². The molecule has 3 heteroatoms. The first kappa shape index (κ1) is 14.8. The van der Waals surface area contributed by atoms with Crippen LogP contribution in [-0.2, 0) is 4.79 Å². The van der Waals surface area contributed by atoms with Gasteiger partial charge in [0.1, 0.15) is 0 Å². The number of amides is 1. The Morgan fingerprint density at radius 3 is 2.40 bits per heavy atom. The molecule has 2 aliphatic heterocycles. The molecule has 5 rings (SSSR count). The predicted octanol–water partition coefficient (Wildman–Crippen LogP) is 4.40. The summed E-state index contributed by atoms with van der Waals surface area (Å²) in [6.45, 7) is 0.785. The van der Waals surface area contributed by atoms with Crippen molar-refractivity contribution in [3.63, 3.8) is 0 Å². The van der Waals surface area contributed by atoms with Crippen molar-refractivity contribution in [1.29, 1.82) is 0 Å². The maximum absolute atomic E-state index is 12.8. The van der Waals surface area contributed by atoms with Crippen molar-refractivity contribution >= 4 is 17.2 Å². The molecular formula is C22H22N2O. The molecule has 25 heavy (non-hydrogen) atoms. The monoisotopic (exact) mass is 330 g/mol. The standard InChI is InChI=1S/C22H22N2O/c25-21-12-15-23-20-11-5-4-10-18(20)19(17-8-2-1-3-9-17)16-22(24(21)23)13-6-7-14-22/h1-5,8-11,16H,6-7,12-15H2. The van der Waals surface area contributed by atoms with E-state index in [0.717, 1.165) is 25.1 Å². The van der Waals surface area contributed by atoms with Gasteiger partial charge in [0.25, 0.3) is 0 Å². The average molecular weight is 330 g/mol. The summed E-state index contributed by atoms with van der Waals surface area (Å²) in [7, 11) is 0. The molecule has 1 saturated heterocycles. The zero-order chi connectivity index (χ0) is 16.9. The van der Waals surface area contributed by atoms with Gasteiger partial charge in [0.2, 0.25) is 5.91 Å². The van der Waals surface area contributed by atoms with E-state index in [2.05, 4.69) is 70.7 Å². The Morgan fingerprint density at radius 1 is 0.880 bits per heavy atom. The van der Waals surface area contributed by atoms with Crippen LogP contribution in [0.2, 0.25) is 0 Å². The van der Waals surface area contributed by atoms with Crippen molar-refractivity contribution in [3.05, 3.63) is 71.8 Å². The first-order chi connectivity index (χ1) is 12.3. The highest BCUT2D eigenvalue weighted by Crippen LogP contribution is 2.47. The Kier molecular flexibility index (Phi) is 3.24. The van der Waals surface area contributed by atoms with Crippen LogP contribution < -0.4 is 5.01 Å². The van der Waals surface area contributed by atoms with Crippen LogP contribution in [0.1, 0.15) is 43.2 Å². The SMILES string of the molecule is O=C1CCN2c3ccccc3C(c3ccccc3)=CC3(CCCC3)N12. The van der Waals surface area contributed by atoms with Crippen LogP contribution in [0, 0.1) is 0 Å². The molecule has 2 aromatic carbocycles. The molecule has 3 aliphatic rings. The highest BCUT2D eigenvalue weighted by atomic mass is 16.2. The summed E-state index contributed by atoms with van der Waals surface area (Å²) in [6.07, 6.45) is 7.50. The van der Waals surface area contributed by atoms with Gasteiger partial charge in [-0.15, -0.1) is 0 Å². The summed E-state index contributed by atoms with van der Waals surface area (Å²) < 4.78 is 0. The van der Waals surface area contributed by atoms with Crippen molar-refractivity contribution < 1.29 is 4.79 Å². The molecule has 0 aromatic heterocycles. The van der Waals surface area contributed by atoms with E-state index >= 15 is 0 Å². The normalized spacial score (nSPS) is 21.1. The summed E-state index contributed by atoms with van der Waals surface area (Å²) in [6, 6.07) is 19.1. The molecular weight excluding hydrogens is 308 g/mol. The van der Waals surface area contributed by atoms with Crippen molar-refractivity contribution in [2.45, 2.75) is 37.6 Å². The highest BCUT2D eigenvalue weighted by molar-refractivity contribution is 5.92. The number of carbonyl (C=O) groups excluding carboxylic acids is 1. The molecule has 126 valence electrons. The number of benzene rings is 2. The maximum Gasteiger partial charge on any atom is 0.243 e. The Bertz CT molecular complexity index is 849. The van der Waals surface area contributed by atoms with Crippen LogP contribution >= 0.6 is 0 Å². The van der Waals surface area contributed by atoms with Gasteiger partial charge >= 0.3 is 0 Å². The number of hydrazine groups is 1. The number of nitrogens with zero attached hydrogens (tertiary/aromatic N) is 2. The number of anilines is 1. The van der Waals surface area contributed by atoms with Gasteiger partial charge in [-0.1, -0.05) is 61.4 Å². The summed E-state index contributed by atoms with van der Waals surface area (Å²) in [4.78, 5) is 12.8. The Morgan fingerprint density at radius 2 is 1.60 bits per heavy atom. The van der Waals surface area contributed by atoms with Gasteiger partial charge in [-0.25, -0.2) is 5.01 Å². The molecule has 1 spiro atoms. The largest absolute Gasteiger partial charge is 0.281 e. The Hall–Kier alpha value is -2.55. The minimum Gasteiger partial charge on any atom is -0.281 e. The number of carbonyl (C=O) groups is 1. The first-order valence-electron chi connectivity index (χ1n) is 9.27. The number of hydrogen-bond donors (Lipinski definition) is 0. The van der Waals surface area contributed by atoms with Crippen molar-refractivity contribution in [2.24, 2.45) is 0 Å². The van der Waals surface area contributed by atoms with Crippen LogP contribution in [0.5, 0.6) is 0 Å². The molecule has 0 unspecified atom stereocenters. The second-order valence-corrected chi connectivity index (χ2v) is 7.33. The Labute approximate surface area is 148 Å². The third-order valence-electron chi connectivity index (χ3n) is 5.88. The predicted molar refractivity (Wildman–Crippen MR) is 100.0 cm³/mol. The van der Waals surface area contributed by atoms with Gasteiger partial charge in [0.15, 0.2) is 0 Å². The van der Waals surface area contributed by atoms with Gasteiger partial charge in [-0.3, -0.25) is 9.80 Å². The zero-order valence-electron chi connectivity index (χ0n) is 14.3. The van der Waals surface area contributed by atoms with Gasteiger partial charge in [-0.2, -0.15) is 0 Å². The lowest BCUT2D eigenvalue weighted by atomic mass is 9.88. The summed E-state index contributed by atoms with van der Waals surface area (Å²) >= 11 is 0. The van der Waals surface area contributed by atoms with E-state index in [9.17, 15) is 4.79 Å². The molecule has 0 N–H and O–H groups in total. The highest BCUT2D eigenvalue weighted by Gasteiger charge is 2.48. The van der Waals surface area contributed by atoms with Crippen LogP contribution in [-0.4, -0.2) is 23.0 Å². The summed E-state index contributed by atoms with van der Waals surface area (Å²) in [5.74, 6) is 0.266. The molecule has 2 fully saturated rings. The second kappa shape index (κ2) is 5.48. The molecule has 3 nitrogen and oxygen atoms in total. The molecule has 2 heterocycles. The van der Waals surface area contributed by atoms with E-state index in [1.807, 2.05) is 0 Å². The van der Waals surface area contributed by atoms with Crippen molar-refractivity contribution in [3.8, 4) is 0 Å². The molecule has 0 bridgehead atoms. The van der Waals surface area contributed by atoms with Gasteiger partial charge < -0.3 is 0 Å². The number of hydrogen-bond acceptors (Lipinski definition) is 2. The third kappa shape index (κ3) is 2.15. The summed E-state index contributed by atoms with van der Waals surface area (Å²) in [5, 5.41) is 4.34. The second-order valence-electron chi connectivity index (χ2n) is 7.33. The van der Waals surface area contributed by atoms with E-state index in [-0.39, 0.29) is 11.4 Å². The van der Waals surface area contributed by atoms with Gasteiger partial charge in [0.05, 0.1) is 11.2 Å². The van der Waals surface area contributed by atoms with Gasteiger partial charge in [-0.05, 0) is 36.1 Å². The van der Waals surface area contributed by atoms with E-state index in [1.165, 1.54) is 29.5 Å². The average Bonchev–Trinajstić information content (AvgIpc) is 3.25. The first-order valence-corrected chi connectivity index (χ1v) is 9.27. The molecule has 1 amide bonds. The lowest BCUT2D eigenvalue weighted by Gasteiger charge is -2.41. The number of para-hydroxylation sites is 1. The quantitative estimate of drug-likeness (QED) is 0.774. The van der Waals surface area contributed by atoms with Crippen LogP contribution in [0.3, 0.4) is 0 Å². The fourth-order valence-corrected chi connectivity index (χ4v) is 4.79. The molecule has 0 atom stereocenters. The topological polar surface area (TPSA) is 23.6 Å². The molecule has 1 aliphatic carbocycles. The van der Waals surface area contributed by atoms with E-state index in [0.29, 0.717) is 6.42 Å². The lowest BCUT2D eigenvalue weighted by molar-refractivity contribution is -0.132. The number of rotatable bonds is 1. The third-order valence-corrected chi connectivity index (χ3v) is 5.88. The van der Waals surface area contributed by atoms with E-state index in [4.69, 9.17) is 0 Å². The minimum atomic E-state index is -0.169. The zero-order valence-corrected chi connectivity index (χ0v) is 14.3. The Balaban J connectivity index is 1.79. The fraction of sp³-hybridized carbons (Fsp3) is 0.318. The van der Waals surface area contributed by atoms with Crippen molar-refractivity contribution in [2.75, 3.05) is 11.6 Å². The van der Waals surface area contributed by atoms with Crippen LogP contribution in [0.15, 0.2) is 60.7 Å². The smallest absolute Gasteiger partial charge is 0.243 e. The van der Waals surface area contributed by atoms with E-state index < -0.39 is 0 Å². The maximum atomic E-state index is 12.8. The molecule has 2 aromatic rings. The summed E-state index contributed by atoms with van der Waals surface area (Å²) in [5.41, 5.74) is 4.72. The van der Waals surface area contributed by atoms with Gasteiger partial charge in [0, 0.05) is 18.5 Å². The number of fused-ring (bicyclic) bond motifs is 4.